The molecule has 5 rings (SSSR count). The van der Waals surface area contributed by atoms with Crippen LogP contribution in [0.5, 0.6) is 0 Å². The minimum absolute atomic E-state index is 0.0620. The van der Waals surface area contributed by atoms with Crippen LogP contribution >= 0.6 is 0 Å². The van der Waals surface area contributed by atoms with Crippen LogP contribution in [-0.4, -0.2) is 35.1 Å². The van der Waals surface area contributed by atoms with Gasteiger partial charge in [0.15, 0.2) is 5.69 Å². The summed E-state index contributed by atoms with van der Waals surface area (Å²) in [6, 6.07) is 8.31. The van der Waals surface area contributed by atoms with Gasteiger partial charge in [0.2, 0.25) is 5.82 Å². The number of hydrogen-bond acceptors (Lipinski definition) is 8. The van der Waals surface area contributed by atoms with Crippen LogP contribution in [0.1, 0.15) is 22.9 Å². The first-order valence-electron chi connectivity index (χ1n) is 8.49. The minimum atomic E-state index is -0.0620. The second-order valence-electron chi connectivity index (χ2n) is 6.29. The van der Waals surface area contributed by atoms with E-state index in [9.17, 15) is 0 Å². The lowest BCUT2D eigenvalue weighted by molar-refractivity contribution is -0.00112. The Morgan fingerprint density at radius 1 is 1.15 bits per heavy atom. The van der Waals surface area contributed by atoms with Crippen molar-refractivity contribution in [2.75, 3.05) is 0 Å². The molecular formula is C18H15N7O2. The molecule has 134 valence electrons. The van der Waals surface area contributed by atoms with Crippen LogP contribution in [-0.2, 0) is 17.9 Å². The summed E-state index contributed by atoms with van der Waals surface area (Å²) in [7, 11) is 0. The van der Waals surface area contributed by atoms with E-state index >= 15 is 0 Å². The molecule has 4 aromatic rings. The van der Waals surface area contributed by atoms with Gasteiger partial charge in [0.1, 0.15) is 11.8 Å². The highest BCUT2D eigenvalue weighted by atomic mass is 16.5. The SMILES string of the molecule is Cc1ccc(C2Cn3nnc(-c4noc(-c5cnccn5)n4)c3CO2)cc1. The van der Waals surface area contributed by atoms with Crippen LogP contribution in [0.25, 0.3) is 23.1 Å². The van der Waals surface area contributed by atoms with Gasteiger partial charge in [-0.25, -0.2) is 9.67 Å². The van der Waals surface area contributed by atoms with Gasteiger partial charge < -0.3 is 9.26 Å². The van der Waals surface area contributed by atoms with E-state index in [1.54, 1.807) is 18.6 Å². The van der Waals surface area contributed by atoms with Crippen LogP contribution in [0.3, 0.4) is 0 Å². The molecule has 1 atom stereocenters. The number of aromatic nitrogens is 7. The minimum Gasteiger partial charge on any atom is -0.365 e. The van der Waals surface area contributed by atoms with Crippen molar-refractivity contribution in [3.05, 3.63) is 59.7 Å². The van der Waals surface area contributed by atoms with E-state index in [0.717, 1.165) is 11.3 Å². The number of hydrogen-bond donors (Lipinski definition) is 0. The molecule has 9 heteroatoms. The molecule has 3 aromatic heterocycles. The number of rotatable bonds is 3. The van der Waals surface area contributed by atoms with Gasteiger partial charge >= 0.3 is 0 Å². The first kappa shape index (κ1) is 15.8. The highest BCUT2D eigenvalue weighted by molar-refractivity contribution is 5.55. The maximum Gasteiger partial charge on any atom is 0.278 e. The highest BCUT2D eigenvalue weighted by Crippen LogP contribution is 2.30. The maximum atomic E-state index is 6.03. The normalized spacial score (nSPS) is 16.3. The Morgan fingerprint density at radius 2 is 2.04 bits per heavy atom. The fraction of sp³-hybridized carbons (Fsp3) is 0.222. The van der Waals surface area contributed by atoms with E-state index in [-0.39, 0.29) is 12.0 Å². The standard InChI is InChI=1S/C18H15N7O2/c1-11-2-4-12(5-3-11)15-9-25-14(10-26-15)16(22-24-25)17-21-18(27-23-17)13-8-19-6-7-20-13/h2-8,15H,9-10H2,1H3. The average molecular weight is 361 g/mol. The van der Waals surface area contributed by atoms with Crippen LogP contribution < -0.4 is 0 Å². The van der Waals surface area contributed by atoms with Crippen LogP contribution in [0.2, 0.25) is 0 Å². The molecule has 0 saturated heterocycles. The molecule has 27 heavy (non-hydrogen) atoms. The topological polar surface area (TPSA) is 105 Å². The molecule has 1 aliphatic heterocycles. The second kappa shape index (κ2) is 6.36. The van der Waals surface area contributed by atoms with Crippen molar-refractivity contribution in [1.82, 2.24) is 35.1 Å². The summed E-state index contributed by atoms with van der Waals surface area (Å²) in [6.45, 7) is 3.02. The van der Waals surface area contributed by atoms with Gasteiger partial charge in [-0.15, -0.1) is 5.10 Å². The molecule has 0 fully saturated rings. The van der Waals surface area contributed by atoms with E-state index < -0.39 is 0 Å². The first-order chi connectivity index (χ1) is 13.3. The predicted molar refractivity (Wildman–Crippen MR) is 93.0 cm³/mol. The van der Waals surface area contributed by atoms with Gasteiger partial charge in [0.05, 0.1) is 25.0 Å². The largest absolute Gasteiger partial charge is 0.365 e. The molecule has 1 aromatic carbocycles. The molecule has 0 aliphatic carbocycles. The van der Waals surface area contributed by atoms with Crippen LogP contribution in [0, 0.1) is 6.92 Å². The fourth-order valence-electron chi connectivity index (χ4n) is 3.00. The van der Waals surface area contributed by atoms with Gasteiger partial charge in [-0.2, -0.15) is 4.98 Å². The van der Waals surface area contributed by atoms with Crippen molar-refractivity contribution in [3.8, 4) is 23.1 Å². The van der Waals surface area contributed by atoms with Gasteiger partial charge in [-0.1, -0.05) is 40.2 Å². The summed E-state index contributed by atoms with van der Waals surface area (Å²) in [5.41, 5.74) is 4.22. The number of fused-ring (bicyclic) bond motifs is 1. The maximum absolute atomic E-state index is 6.03. The molecule has 1 aliphatic rings. The zero-order valence-corrected chi connectivity index (χ0v) is 14.5. The molecule has 1 unspecified atom stereocenters. The third-order valence-electron chi connectivity index (χ3n) is 4.47. The summed E-state index contributed by atoms with van der Waals surface area (Å²) in [5.74, 6) is 0.642. The highest BCUT2D eigenvalue weighted by Gasteiger charge is 2.27. The molecule has 0 bridgehead atoms. The number of aryl methyl sites for hydroxylation is 1. The van der Waals surface area contributed by atoms with Crippen molar-refractivity contribution < 1.29 is 9.26 Å². The average Bonchev–Trinajstić information content (AvgIpc) is 3.36. The number of nitrogens with zero attached hydrogens (tertiary/aromatic N) is 7. The molecule has 9 nitrogen and oxygen atoms in total. The zero-order valence-electron chi connectivity index (χ0n) is 14.5. The Hall–Kier alpha value is -3.46. The zero-order chi connectivity index (χ0) is 18.2. The molecule has 0 spiro atoms. The molecule has 4 heterocycles. The molecule has 0 amide bonds. The Balaban J connectivity index is 1.42. The van der Waals surface area contributed by atoms with Gasteiger partial charge in [0, 0.05) is 12.4 Å². The molecule has 0 radical (unpaired) electrons. The number of ether oxygens (including phenoxy) is 1. The monoisotopic (exact) mass is 361 g/mol. The Labute approximate surface area is 154 Å². The van der Waals surface area contributed by atoms with Crippen molar-refractivity contribution in [3.63, 3.8) is 0 Å². The lowest BCUT2D eigenvalue weighted by atomic mass is 10.1. The summed E-state index contributed by atoms with van der Waals surface area (Å²) >= 11 is 0. The summed E-state index contributed by atoms with van der Waals surface area (Å²) in [6.07, 6.45) is 4.65. The third-order valence-corrected chi connectivity index (χ3v) is 4.47. The molecule has 0 N–H and O–H groups in total. The van der Waals surface area contributed by atoms with E-state index in [1.165, 1.54) is 5.56 Å². The van der Waals surface area contributed by atoms with Gasteiger partial charge in [-0.05, 0) is 12.5 Å². The van der Waals surface area contributed by atoms with Crippen LogP contribution in [0.4, 0.5) is 0 Å². The second-order valence-corrected chi connectivity index (χ2v) is 6.29. The van der Waals surface area contributed by atoms with E-state index in [2.05, 4.69) is 61.6 Å². The summed E-state index contributed by atoms with van der Waals surface area (Å²) < 4.78 is 13.2. The van der Waals surface area contributed by atoms with E-state index in [1.807, 2.05) is 4.68 Å². The van der Waals surface area contributed by atoms with Crippen molar-refractivity contribution in [1.29, 1.82) is 0 Å². The fourth-order valence-corrected chi connectivity index (χ4v) is 3.00. The third kappa shape index (κ3) is 2.87. The smallest absolute Gasteiger partial charge is 0.278 e. The predicted octanol–water partition coefficient (Wildman–Crippen LogP) is 2.37. The van der Waals surface area contributed by atoms with Crippen molar-refractivity contribution >= 4 is 0 Å². The van der Waals surface area contributed by atoms with Crippen LogP contribution in [0.15, 0.2) is 47.4 Å². The number of benzene rings is 1. The molecule has 0 saturated carbocycles. The lowest BCUT2D eigenvalue weighted by Crippen LogP contribution is -2.22. The Kier molecular flexibility index (Phi) is 3.72. The summed E-state index contributed by atoms with van der Waals surface area (Å²) in [5, 5.41) is 12.5. The Bertz CT molecular complexity index is 1070. The first-order valence-corrected chi connectivity index (χ1v) is 8.49. The van der Waals surface area contributed by atoms with Gasteiger partial charge in [-0.3, -0.25) is 4.98 Å². The lowest BCUT2D eigenvalue weighted by Gasteiger charge is -2.24. The van der Waals surface area contributed by atoms with E-state index in [4.69, 9.17) is 9.26 Å². The van der Waals surface area contributed by atoms with Crippen molar-refractivity contribution in [2.45, 2.75) is 26.2 Å². The van der Waals surface area contributed by atoms with E-state index in [0.29, 0.717) is 30.4 Å². The van der Waals surface area contributed by atoms with Crippen molar-refractivity contribution in [2.24, 2.45) is 0 Å². The molecular weight excluding hydrogens is 346 g/mol. The quantitative estimate of drug-likeness (QED) is 0.548. The van der Waals surface area contributed by atoms with Gasteiger partial charge in [0.25, 0.3) is 5.89 Å². The Morgan fingerprint density at radius 3 is 2.85 bits per heavy atom. The summed E-state index contributed by atoms with van der Waals surface area (Å²) in [4.78, 5) is 12.5.